The van der Waals surface area contributed by atoms with E-state index in [1.807, 2.05) is 0 Å². The lowest BCUT2D eigenvalue weighted by Crippen LogP contribution is -2.62. The van der Waals surface area contributed by atoms with Crippen molar-refractivity contribution < 1.29 is 74.1 Å². The lowest BCUT2D eigenvalue weighted by molar-refractivity contribution is -0.145. The highest BCUT2D eigenvalue weighted by atomic mass is 16.4. The monoisotopic (exact) mass is 900 g/mol. The number of aliphatic hydroxyl groups excluding tert-OH is 4. The van der Waals surface area contributed by atoms with E-state index >= 15 is 0 Å². The number of benzene rings is 2. The second-order valence-electron chi connectivity index (χ2n) is 15.6. The molecule has 9 unspecified atom stereocenters. The average molecular weight is 901 g/mol. The van der Waals surface area contributed by atoms with Crippen molar-refractivity contribution in [3.05, 3.63) is 59.7 Å². The Morgan fingerprint density at radius 1 is 0.609 bits per heavy atom. The number of carbonyl (C=O) groups is 8. The van der Waals surface area contributed by atoms with Gasteiger partial charge in [-0.25, -0.2) is 4.79 Å². The van der Waals surface area contributed by atoms with Gasteiger partial charge in [0.1, 0.15) is 53.8 Å². The number of phenolic OH excluding ortho intramolecular Hbond substituents is 2. The molecule has 0 spiro atoms. The number of aromatic hydroxyl groups is 2. The zero-order valence-electron chi connectivity index (χ0n) is 35.0. The van der Waals surface area contributed by atoms with Crippen LogP contribution in [0.4, 0.5) is 0 Å². The molecule has 2 aromatic rings. The van der Waals surface area contributed by atoms with E-state index in [0.717, 1.165) is 16.7 Å². The molecule has 64 heavy (non-hydrogen) atoms. The summed E-state index contributed by atoms with van der Waals surface area (Å²) in [7, 11) is 0. The number of likely N-dealkylation sites (tertiary alicyclic amines) is 2. The van der Waals surface area contributed by atoms with Crippen molar-refractivity contribution in [3.8, 4) is 11.5 Å². The van der Waals surface area contributed by atoms with E-state index in [2.05, 4.69) is 26.6 Å². The molecule has 2 aromatic carbocycles. The Kier molecular flexibility index (Phi) is 18.3. The number of amides is 7. The first kappa shape index (κ1) is 50.2. The Morgan fingerprint density at radius 3 is 1.47 bits per heavy atom. The maximum atomic E-state index is 13.7. The highest BCUT2D eigenvalue weighted by Gasteiger charge is 2.42. The molecule has 23 nitrogen and oxygen atoms in total. The zero-order chi connectivity index (χ0) is 47.2. The molecule has 14 N–H and O–H groups in total. The van der Waals surface area contributed by atoms with Crippen molar-refractivity contribution in [1.82, 2.24) is 36.4 Å². The van der Waals surface area contributed by atoms with E-state index in [4.69, 9.17) is 5.73 Å². The molecule has 9 atom stereocenters. The summed E-state index contributed by atoms with van der Waals surface area (Å²) in [5.74, 6) is -7.95. The van der Waals surface area contributed by atoms with Crippen molar-refractivity contribution in [1.29, 1.82) is 0 Å². The van der Waals surface area contributed by atoms with Gasteiger partial charge in [-0.15, -0.1) is 0 Å². The van der Waals surface area contributed by atoms with Crippen LogP contribution >= 0.6 is 0 Å². The third-order valence-electron chi connectivity index (χ3n) is 10.9. The van der Waals surface area contributed by atoms with Gasteiger partial charge in [0, 0.05) is 19.5 Å². The van der Waals surface area contributed by atoms with Crippen LogP contribution in [0.5, 0.6) is 11.5 Å². The fourth-order valence-electron chi connectivity index (χ4n) is 7.35. The van der Waals surface area contributed by atoms with Crippen LogP contribution in [0.25, 0.3) is 0 Å². The fourth-order valence-corrected chi connectivity index (χ4v) is 7.35. The summed E-state index contributed by atoms with van der Waals surface area (Å²) >= 11 is 0. The molecule has 4 rings (SSSR count). The molecular weight excluding hydrogens is 844 g/mol. The molecule has 2 fully saturated rings. The molecule has 0 aromatic heterocycles. The number of phenols is 2. The van der Waals surface area contributed by atoms with Crippen molar-refractivity contribution >= 4 is 47.3 Å². The Hall–Kier alpha value is -6.40. The third-order valence-corrected chi connectivity index (χ3v) is 10.9. The summed E-state index contributed by atoms with van der Waals surface area (Å²) in [6, 6.07) is -0.153. The Bertz CT molecular complexity index is 1990. The summed E-state index contributed by atoms with van der Waals surface area (Å²) in [4.78, 5) is 108. The van der Waals surface area contributed by atoms with Gasteiger partial charge >= 0.3 is 5.97 Å². The molecule has 0 radical (unpaired) electrons. The minimum atomic E-state index is -1.73. The van der Waals surface area contributed by atoms with Gasteiger partial charge in [-0.05, 0) is 74.4 Å². The number of carboxylic acids is 1. The maximum Gasteiger partial charge on any atom is 0.326 e. The predicted octanol–water partition coefficient (Wildman–Crippen LogP) is -4.94. The number of carbonyl (C=O) groups excluding carboxylic acids is 7. The number of aliphatic hydroxyl groups is 4. The number of nitrogens with one attached hydrogen (secondary N) is 5. The van der Waals surface area contributed by atoms with Crippen LogP contribution in [-0.4, -0.2) is 180 Å². The van der Waals surface area contributed by atoms with Crippen LogP contribution in [0, 0.1) is 0 Å². The molecule has 7 amide bonds. The number of aliphatic carboxylic acids is 1. The molecular formula is C41H56N8O15. The van der Waals surface area contributed by atoms with Crippen LogP contribution in [0.3, 0.4) is 0 Å². The second kappa shape index (κ2) is 23.3. The highest BCUT2D eigenvalue weighted by molar-refractivity contribution is 5.98. The number of carboxylic acid groups (broad SMARTS) is 1. The number of hydrogen-bond acceptors (Lipinski definition) is 15. The van der Waals surface area contributed by atoms with E-state index in [9.17, 15) is 74.1 Å². The summed E-state index contributed by atoms with van der Waals surface area (Å²) in [6.07, 6.45) is -0.973. The third kappa shape index (κ3) is 13.3. The van der Waals surface area contributed by atoms with Gasteiger partial charge in [-0.2, -0.15) is 0 Å². The number of nitrogens with two attached hydrogens (primary N) is 1. The molecule has 0 saturated carbocycles. The number of hydrogen-bond donors (Lipinski definition) is 13. The van der Waals surface area contributed by atoms with Gasteiger partial charge in [0.2, 0.25) is 41.4 Å². The summed E-state index contributed by atoms with van der Waals surface area (Å²) in [5, 5.41) is 81.0. The van der Waals surface area contributed by atoms with Crippen LogP contribution in [0.1, 0.15) is 43.7 Å². The van der Waals surface area contributed by atoms with Crippen LogP contribution in [-0.2, 0) is 51.2 Å². The fraction of sp³-hybridized carbons (Fsp3) is 0.512. The standard InChI is InChI=1S/C41H56N8O15/c1-21(53)33(47-37(59)32-5-3-15-49(32)39(61)29(19-51)45-34(56)26(42)16-22-6-10-24(54)11-7-22)38(60)46-30(20-52)40(62)48-14-2-4-31(48)36(58)44-28(18-50)35(57)43-27(41(63)64)17-23-8-12-25(55)13-9-23/h6-13,21,26-33,50-55H,2-5,14-20,42H2,1H3,(H,43,57)(H,44,58)(H,45,56)(H,46,60)(H,47,59)(H,63,64). The Balaban J connectivity index is 1.35. The van der Waals surface area contributed by atoms with Crippen LogP contribution in [0.15, 0.2) is 48.5 Å². The number of rotatable bonds is 21. The molecule has 0 aliphatic carbocycles. The van der Waals surface area contributed by atoms with Crippen molar-refractivity contribution in [2.45, 2.75) is 99.9 Å². The quantitative estimate of drug-likeness (QED) is 0.0558. The summed E-state index contributed by atoms with van der Waals surface area (Å²) in [6.45, 7) is -1.62. The molecule has 2 aliphatic heterocycles. The Labute approximate surface area is 367 Å². The molecule has 23 heteroatoms. The van der Waals surface area contributed by atoms with Crippen molar-refractivity contribution in [3.63, 3.8) is 0 Å². The topological polar surface area (TPSA) is 371 Å². The first-order valence-electron chi connectivity index (χ1n) is 20.6. The van der Waals surface area contributed by atoms with Gasteiger partial charge in [-0.3, -0.25) is 33.6 Å². The number of nitrogens with zero attached hydrogens (tertiary/aromatic N) is 2. The molecule has 2 saturated heterocycles. The average Bonchev–Trinajstić information content (AvgIpc) is 3.97. The first-order valence-corrected chi connectivity index (χ1v) is 20.6. The van der Waals surface area contributed by atoms with E-state index in [-0.39, 0.29) is 56.7 Å². The molecule has 2 aliphatic rings. The lowest BCUT2D eigenvalue weighted by Gasteiger charge is -2.31. The predicted molar refractivity (Wildman–Crippen MR) is 221 cm³/mol. The van der Waals surface area contributed by atoms with Crippen LogP contribution in [0.2, 0.25) is 0 Å². The summed E-state index contributed by atoms with van der Waals surface area (Å²) < 4.78 is 0. The van der Waals surface area contributed by atoms with E-state index in [1.165, 1.54) is 36.4 Å². The Morgan fingerprint density at radius 2 is 1.03 bits per heavy atom. The minimum Gasteiger partial charge on any atom is -0.508 e. The van der Waals surface area contributed by atoms with Gasteiger partial charge in [-0.1, -0.05) is 24.3 Å². The van der Waals surface area contributed by atoms with E-state index in [1.54, 1.807) is 12.1 Å². The van der Waals surface area contributed by atoms with Gasteiger partial charge in [0.25, 0.3) is 0 Å². The zero-order valence-corrected chi connectivity index (χ0v) is 35.0. The molecule has 0 bridgehead atoms. The maximum absolute atomic E-state index is 13.7. The highest BCUT2D eigenvalue weighted by Crippen LogP contribution is 2.21. The van der Waals surface area contributed by atoms with E-state index in [0.29, 0.717) is 17.5 Å². The van der Waals surface area contributed by atoms with Gasteiger partial charge < -0.3 is 77.9 Å². The largest absolute Gasteiger partial charge is 0.508 e. The SMILES string of the molecule is CC(O)C(NC(=O)C1CCCN1C(=O)C(CO)NC(=O)C(N)Cc1ccc(O)cc1)C(=O)NC(CO)C(=O)N1CCCC1C(=O)NC(CO)C(=O)NC(Cc1ccc(O)cc1)C(=O)O. The molecule has 2 heterocycles. The first-order chi connectivity index (χ1) is 30.4. The second-order valence-corrected chi connectivity index (χ2v) is 15.6. The van der Waals surface area contributed by atoms with E-state index < -0.39 is 122 Å². The van der Waals surface area contributed by atoms with Crippen molar-refractivity contribution in [2.24, 2.45) is 5.73 Å². The van der Waals surface area contributed by atoms with Crippen LogP contribution < -0.4 is 32.3 Å². The van der Waals surface area contributed by atoms with Gasteiger partial charge in [0.15, 0.2) is 0 Å². The summed E-state index contributed by atoms with van der Waals surface area (Å²) in [5.41, 5.74) is 7.09. The molecule has 350 valence electrons. The normalized spacial score (nSPS) is 19.2. The lowest BCUT2D eigenvalue weighted by atomic mass is 10.1. The van der Waals surface area contributed by atoms with Gasteiger partial charge in [0.05, 0.1) is 32.0 Å². The van der Waals surface area contributed by atoms with Crippen molar-refractivity contribution in [2.75, 3.05) is 32.9 Å². The smallest absolute Gasteiger partial charge is 0.326 e. The minimum absolute atomic E-state index is 0.0127.